The van der Waals surface area contributed by atoms with E-state index < -0.39 is 55.9 Å². The predicted molar refractivity (Wildman–Crippen MR) is 93.8 cm³/mol. The first-order valence-electron chi connectivity index (χ1n) is 7.94. The fourth-order valence-corrected chi connectivity index (χ4v) is 5.49. The lowest BCUT2D eigenvalue weighted by Gasteiger charge is -2.31. The van der Waals surface area contributed by atoms with Gasteiger partial charge in [0.1, 0.15) is 15.8 Å². The lowest BCUT2D eigenvalue weighted by Crippen LogP contribution is -2.52. The first kappa shape index (κ1) is 20.9. The molecule has 15 heteroatoms. The summed E-state index contributed by atoms with van der Waals surface area (Å²) >= 11 is 0.750. The van der Waals surface area contributed by atoms with Crippen LogP contribution in [-0.2, 0) is 14.8 Å². The molecule has 0 unspecified atom stereocenters. The Labute approximate surface area is 174 Å². The maximum Gasteiger partial charge on any atom is 0.507 e. The van der Waals surface area contributed by atoms with Gasteiger partial charge >= 0.3 is 18.2 Å². The molecular formula is C16H7F4N3O6S2. The van der Waals surface area contributed by atoms with Gasteiger partial charge in [-0.3, -0.25) is 0 Å². The number of benzene rings is 1. The number of esters is 1. The quantitative estimate of drug-likeness (QED) is 0.417. The first-order valence-corrected chi connectivity index (χ1v) is 10.3. The van der Waals surface area contributed by atoms with Crippen molar-refractivity contribution in [2.45, 2.75) is 17.1 Å². The second-order valence-corrected chi connectivity index (χ2v) is 8.62. The highest BCUT2D eigenvalue weighted by Crippen LogP contribution is 2.48. The SMILES string of the molecule is COC(=O)c1sccc1S(=O)(=O)n1c(C#N)nc2cc3c(cc21)OC(F)(F)C(F)(F)O3. The minimum atomic E-state index is -5.04. The summed E-state index contributed by atoms with van der Waals surface area (Å²) in [6.45, 7) is 0. The second kappa shape index (κ2) is 6.56. The molecule has 3 heterocycles. The largest absolute Gasteiger partial charge is 0.507 e. The Hall–Kier alpha value is -3.38. The van der Waals surface area contributed by atoms with Gasteiger partial charge in [0.2, 0.25) is 5.82 Å². The van der Waals surface area contributed by atoms with Gasteiger partial charge < -0.3 is 14.2 Å². The number of ether oxygens (including phenoxy) is 3. The fourth-order valence-electron chi connectivity index (χ4n) is 2.77. The van der Waals surface area contributed by atoms with Crippen molar-refractivity contribution in [3.63, 3.8) is 0 Å². The van der Waals surface area contributed by atoms with Crippen LogP contribution in [0.15, 0.2) is 28.5 Å². The molecule has 162 valence electrons. The molecule has 0 N–H and O–H groups in total. The zero-order valence-corrected chi connectivity index (χ0v) is 16.6. The Bertz CT molecular complexity index is 1390. The molecule has 0 atom stereocenters. The van der Waals surface area contributed by atoms with Crippen LogP contribution in [0.2, 0.25) is 0 Å². The number of fused-ring (bicyclic) bond motifs is 2. The summed E-state index contributed by atoms with van der Waals surface area (Å²) in [5, 5.41) is 10.6. The van der Waals surface area contributed by atoms with E-state index in [9.17, 15) is 36.0 Å². The lowest BCUT2D eigenvalue weighted by molar-refractivity contribution is -0.391. The van der Waals surface area contributed by atoms with Crippen LogP contribution >= 0.6 is 11.3 Å². The molecule has 0 saturated heterocycles. The van der Waals surface area contributed by atoms with Crippen molar-refractivity contribution in [3.8, 4) is 17.6 Å². The van der Waals surface area contributed by atoms with E-state index in [4.69, 9.17) is 0 Å². The Morgan fingerprint density at radius 3 is 2.42 bits per heavy atom. The van der Waals surface area contributed by atoms with E-state index in [0.717, 1.165) is 30.6 Å². The summed E-state index contributed by atoms with van der Waals surface area (Å²) < 4.78 is 93.3. The average molecular weight is 477 g/mol. The van der Waals surface area contributed by atoms with Gasteiger partial charge in [0.15, 0.2) is 11.5 Å². The van der Waals surface area contributed by atoms with Crippen LogP contribution in [0.3, 0.4) is 0 Å². The van der Waals surface area contributed by atoms with E-state index in [1.165, 1.54) is 11.4 Å². The molecule has 3 aromatic rings. The van der Waals surface area contributed by atoms with E-state index >= 15 is 0 Å². The smallest absolute Gasteiger partial charge is 0.465 e. The molecule has 1 aromatic carbocycles. The summed E-state index contributed by atoms with van der Waals surface area (Å²) in [5.74, 6) is -3.42. The predicted octanol–water partition coefficient (Wildman–Crippen LogP) is 2.95. The molecule has 31 heavy (non-hydrogen) atoms. The summed E-state index contributed by atoms with van der Waals surface area (Å²) in [7, 11) is -3.64. The Balaban J connectivity index is 1.97. The van der Waals surface area contributed by atoms with E-state index in [1.807, 2.05) is 0 Å². The fraction of sp³-hybridized carbons (Fsp3) is 0.188. The van der Waals surface area contributed by atoms with Crippen molar-refractivity contribution in [3.05, 3.63) is 34.3 Å². The number of methoxy groups -OCH3 is 1. The van der Waals surface area contributed by atoms with Crippen LogP contribution in [0, 0.1) is 11.3 Å². The normalized spacial score (nSPS) is 16.6. The molecular weight excluding hydrogens is 470 g/mol. The maximum absolute atomic E-state index is 13.5. The molecule has 0 radical (unpaired) electrons. The number of alkyl halides is 4. The zero-order valence-electron chi connectivity index (χ0n) is 14.9. The second-order valence-electron chi connectivity index (χ2n) is 5.95. The third-order valence-corrected chi connectivity index (χ3v) is 6.88. The van der Waals surface area contributed by atoms with Crippen LogP contribution in [0.5, 0.6) is 11.5 Å². The molecule has 4 rings (SSSR count). The highest BCUT2D eigenvalue weighted by molar-refractivity contribution is 7.90. The Morgan fingerprint density at radius 2 is 1.84 bits per heavy atom. The molecule has 1 aliphatic heterocycles. The number of hydrogen-bond donors (Lipinski definition) is 0. The van der Waals surface area contributed by atoms with E-state index in [2.05, 4.69) is 19.2 Å². The highest BCUT2D eigenvalue weighted by atomic mass is 32.2. The number of nitrogens with zero attached hydrogens (tertiary/aromatic N) is 3. The molecule has 0 bridgehead atoms. The minimum absolute atomic E-state index is 0.308. The maximum atomic E-state index is 13.5. The minimum Gasteiger partial charge on any atom is -0.465 e. The van der Waals surface area contributed by atoms with Crippen LogP contribution in [0.1, 0.15) is 15.5 Å². The number of halogens is 4. The average Bonchev–Trinajstić information content (AvgIpc) is 3.31. The molecule has 0 spiro atoms. The number of hydrogen-bond acceptors (Lipinski definition) is 9. The van der Waals surface area contributed by atoms with Crippen molar-refractivity contribution < 1.29 is 45.0 Å². The highest BCUT2D eigenvalue weighted by Gasteiger charge is 2.66. The molecule has 0 aliphatic carbocycles. The van der Waals surface area contributed by atoms with Gasteiger partial charge in [0.05, 0.1) is 18.1 Å². The number of rotatable bonds is 3. The summed E-state index contributed by atoms with van der Waals surface area (Å²) in [4.78, 5) is 14.8. The number of carbonyl (C=O) groups is 1. The van der Waals surface area contributed by atoms with Crippen LogP contribution < -0.4 is 9.47 Å². The van der Waals surface area contributed by atoms with E-state index in [0.29, 0.717) is 10.0 Å². The molecule has 0 saturated carbocycles. The van der Waals surface area contributed by atoms with Gasteiger partial charge in [-0.05, 0) is 11.4 Å². The van der Waals surface area contributed by atoms with Crippen LogP contribution in [0.25, 0.3) is 11.0 Å². The van der Waals surface area contributed by atoms with Crippen LogP contribution in [0.4, 0.5) is 17.6 Å². The van der Waals surface area contributed by atoms with Gasteiger partial charge in [0.25, 0.3) is 10.0 Å². The molecule has 1 aliphatic rings. The number of nitriles is 1. The van der Waals surface area contributed by atoms with Gasteiger partial charge in [-0.25, -0.2) is 22.2 Å². The first-order chi connectivity index (χ1) is 14.4. The molecule has 2 aromatic heterocycles. The number of imidazole rings is 1. The van der Waals surface area contributed by atoms with Gasteiger partial charge in [-0.15, -0.1) is 11.3 Å². The van der Waals surface area contributed by atoms with Crippen molar-refractivity contribution >= 4 is 38.4 Å². The van der Waals surface area contributed by atoms with E-state index in [-0.39, 0.29) is 10.4 Å². The van der Waals surface area contributed by atoms with Crippen molar-refractivity contribution in [1.82, 2.24) is 8.96 Å². The summed E-state index contributed by atoms with van der Waals surface area (Å²) in [6, 6.07) is 4.00. The summed E-state index contributed by atoms with van der Waals surface area (Å²) in [6.07, 6.45) is -10.0. The number of carbonyl (C=O) groups excluding carboxylic acids is 1. The zero-order chi connectivity index (χ0) is 22.8. The third kappa shape index (κ3) is 2.98. The van der Waals surface area contributed by atoms with E-state index in [1.54, 1.807) is 0 Å². The lowest BCUT2D eigenvalue weighted by atomic mass is 10.2. The van der Waals surface area contributed by atoms with Gasteiger partial charge in [-0.2, -0.15) is 22.8 Å². The number of thiophene rings is 1. The third-order valence-electron chi connectivity index (χ3n) is 4.11. The molecule has 0 amide bonds. The molecule has 9 nitrogen and oxygen atoms in total. The number of aromatic nitrogens is 2. The van der Waals surface area contributed by atoms with Crippen LogP contribution in [-0.4, -0.2) is 42.7 Å². The van der Waals surface area contributed by atoms with Crippen molar-refractivity contribution in [2.75, 3.05) is 7.11 Å². The van der Waals surface area contributed by atoms with Crippen molar-refractivity contribution in [1.29, 1.82) is 5.26 Å². The monoisotopic (exact) mass is 477 g/mol. The molecule has 0 fully saturated rings. The standard InChI is InChI=1S/C16H7F4N3O6S2/c1-27-14(24)13-11(2-3-30-13)31(25,26)23-8-5-10-9(4-7(8)22-12(23)6-21)28-15(17,18)16(19,20)29-10/h2-5H,1H3. The Morgan fingerprint density at radius 1 is 1.23 bits per heavy atom. The van der Waals surface area contributed by atoms with Crippen molar-refractivity contribution in [2.24, 2.45) is 0 Å². The van der Waals surface area contributed by atoms with Gasteiger partial charge in [-0.1, -0.05) is 0 Å². The Kier molecular flexibility index (Phi) is 4.42. The van der Waals surface area contributed by atoms with Gasteiger partial charge in [0, 0.05) is 12.1 Å². The topological polar surface area (TPSA) is 121 Å². The summed E-state index contributed by atoms with van der Waals surface area (Å²) in [5.41, 5.74) is -0.778.